The highest BCUT2D eigenvalue weighted by Crippen LogP contribution is 2.22. The summed E-state index contributed by atoms with van der Waals surface area (Å²) >= 11 is 0. The zero-order chi connectivity index (χ0) is 25.9. The van der Waals surface area contributed by atoms with E-state index in [0.717, 1.165) is 35.4 Å². The second kappa shape index (κ2) is 10.1. The van der Waals surface area contributed by atoms with Crippen molar-refractivity contribution < 1.29 is 14.4 Å². The molecule has 0 atom stereocenters. The maximum atomic E-state index is 12.8. The number of carbonyl (C=O) groups excluding carboxylic acids is 3. The molecule has 2 aromatic heterocycles. The number of rotatable bonds is 8. The van der Waals surface area contributed by atoms with Crippen molar-refractivity contribution >= 4 is 23.4 Å². The van der Waals surface area contributed by atoms with Crippen LogP contribution < -0.4 is 10.6 Å². The summed E-state index contributed by atoms with van der Waals surface area (Å²) in [4.78, 5) is 36.4. The summed E-state index contributed by atoms with van der Waals surface area (Å²) in [6, 6.07) is 12.4. The number of aromatic amines is 1. The predicted octanol–water partition coefficient (Wildman–Crippen LogP) is 2.22. The Kier molecular flexibility index (Phi) is 6.59. The Hall–Kier alpha value is -4.67. The summed E-state index contributed by atoms with van der Waals surface area (Å²) in [6.45, 7) is 4.79. The van der Waals surface area contributed by atoms with Crippen LogP contribution in [0.15, 0.2) is 42.5 Å². The average Bonchev–Trinajstić information content (AvgIpc) is 3.52. The van der Waals surface area contributed by atoms with E-state index in [2.05, 4.69) is 45.1 Å². The zero-order valence-electron chi connectivity index (χ0n) is 20.5. The van der Waals surface area contributed by atoms with E-state index in [9.17, 15) is 14.4 Å². The molecule has 3 amide bonds. The van der Waals surface area contributed by atoms with Crippen molar-refractivity contribution in [2.24, 2.45) is 0 Å². The van der Waals surface area contributed by atoms with Gasteiger partial charge in [-0.15, -0.1) is 5.10 Å². The topological polar surface area (TPSA) is 148 Å². The molecule has 0 aliphatic carbocycles. The largest absolute Gasteiger partial charge is 0.322 e. The number of aryl methyl sites for hydroxylation is 1. The van der Waals surface area contributed by atoms with E-state index >= 15 is 0 Å². The summed E-state index contributed by atoms with van der Waals surface area (Å²) in [5, 5.41) is 24.2. The molecule has 1 aliphatic heterocycles. The molecule has 188 valence electrons. The Labute approximate surface area is 212 Å². The maximum Gasteiger partial charge on any atom is 0.258 e. The number of imide groups is 1. The third-order valence-electron chi connectivity index (χ3n) is 6.41. The van der Waals surface area contributed by atoms with Gasteiger partial charge in [-0.3, -0.25) is 24.4 Å². The first-order valence-electron chi connectivity index (χ1n) is 12.1. The number of aromatic nitrogens is 6. The first-order valence-corrected chi connectivity index (χ1v) is 12.1. The number of anilines is 1. The lowest BCUT2D eigenvalue weighted by Crippen LogP contribution is -2.37. The van der Waals surface area contributed by atoms with Crippen LogP contribution in [0.4, 0.5) is 5.69 Å². The molecule has 5 rings (SSSR count). The SMILES string of the molecule is CCc1nn(Cc2ccc(NC(=O)c3ccc4c(c3)CC(=O)NC4=O)cc2)c(CC)c1Cc1nnn[nH]1. The van der Waals surface area contributed by atoms with Gasteiger partial charge in [-0.25, -0.2) is 5.10 Å². The van der Waals surface area contributed by atoms with E-state index in [0.29, 0.717) is 41.2 Å². The molecule has 0 saturated heterocycles. The molecule has 0 spiro atoms. The third-order valence-corrected chi connectivity index (χ3v) is 6.41. The van der Waals surface area contributed by atoms with Crippen molar-refractivity contribution in [3.05, 3.63) is 87.5 Å². The van der Waals surface area contributed by atoms with Crippen LogP contribution in [0.25, 0.3) is 0 Å². The molecule has 37 heavy (non-hydrogen) atoms. The minimum absolute atomic E-state index is 0.0703. The van der Waals surface area contributed by atoms with Crippen molar-refractivity contribution in [2.45, 2.75) is 46.1 Å². The smallest absolute Gasteiger partial charge is 0.258 e. The van der Waals surface area contributed by atoms with Gasteiger partial charge in [-0.05, 0) is 64.7 Å². The van der Waals surface area contributed by atoms with Crippen molar-refractivity contribution in [2.75, 3.05) is 5.32 Å². The van der Waals surface area contributed by atoms with Crippen LogP contribution >= 0.6 is 0 Å². The van der Waals surface area contributed by atoms with Gasteiger partial charge in [0.2, 0.25) is 5.91 Å². The fourth-order valence-corrected chi connectivity index (χ4v) is 4.61. The lowest BCUT2D eigenvalue weighted by Gasteiger charge is -2.16. The van der Waals surface area contributed by atoms with Gasteiger partial charge >= 0.3 is 0 Å². The molecule has 0 unspecified atom stereocenters. The number of nitrogens with zero attached hydrogens (tertiary/aromatic N) is 5. The summed E-state index contributed by atoms with van der Waals surface area (Å²) in [5.41, 5.74) is 6.36. The molecular formula is C26H26N8O3. The average molecular weight is 499 g/mol. The molecule has 3 N–H and O–H groups in total. The fraction of sp³-hybridized carbons (Fsp3) is 0.269. The Morgan fingerprint density at radius 2 is 1.89 bits per heavy atom. The van der Waals surface area contributed by atoms with Crippen molar-refractivity contribution in [1.82, 2.24) is 35.7 Å². The Morgan fingerprint density at radius 1 is 1.08 bits per heavy atom. The molecule has 0 radical (unpaired) electrons. The quantitative estimate of drug-likeness (QED) is 0.316. The van der Waals surface area contributed by atoms with E-state index in [4.69, 9.17) is 5.10 Å². The van der Waals surface area contributed by atoms with Gasteiger partial charge in [0, 0.05) is 34.5 Å². The van der Waals surface area contributed by atoms with E-state index in [1.54, 1.807) is 18.2 Å². The number of H-pyrrole nitrogens is 1. The number of nitrogens with one attached hydrogen (secondary N) is 3. The highest BCUT2D eigenvalue weighted by atomic mass is 16.2. The molecule has 11 nitrogen and oxygen atoms in total. The zero-order valence-corrected chi connectivity index (χ0v) is 20.5. The van der Waals surface area contributed by atoms with Gasteiger partial charge in [-0.2, -0.15) is 5.10 Å². The third kappa shape index (κ3) is 5.01. The highest BCUT2D eigenvalue weighted by molar-refractivity contribution is 6.11. The monoisotopic (exact) mass is 498 g/mol. The molecule has 0 fully saturated rings. The van der Waals surface area contributed by atoms with Gasteiger partial charge in [0.15, 0.2) is 5.82 Å². The van der Waals surface area contributed by atoms with Gasteiger partial charge in [0.1, 0.15) is 0 Å². The number of hydrogen-bond acceptors (Lipinski definition) is 7. The normalized spacial score (nSPS) is 12.8. The van der Waals surface area contributed by atoms with Crippen LogP contribution in [-0.4, -0.2) is 48.1 Å². The highest BCUT2D eigenvalue weighted by Gasteiger charge is 2.23. The Balaban J connectivity index is 1.29. The molecule has 0 saturated carbocycles. The van der Waals surface area contributed by atoms with Crippen LogP contribution in [0.3, 0.4) is 0 Å². The van der Waals surface area contributed by atoms with Crippen LogP contribution in [0, 0.1) is 0 Å². The van der Waals surface area contributed by atoms with Crippen LogP contribution in [0.5, 0.6) is 0 Å². The second-order valence-electron chi connectivity index (χ2n) is 8.84. The maximum absolute atomic E-state index is 12.8. The van der Waals surface area contributed by atoms with E-state index in [-0.39, 0.29) is 18.2 Å². The Bertz CT molecular complexity index is 1470. The number of tetrazole rings is 1. The minimum atomic E-state index is -0.439. The van der Waals surface area contributed by atoms with Crippen molar-refractivity contribution in [1.29, 1.82) is 0 Å². The van der Waals surface area contributed by atoms with E-state index in [1.165, 1.54) is 0 Å². The number of fused-ring (bicyclic) bond motifs is 1. The van der Waals surface area contributed by atoms with E-state index < -0.39 is 5.91 Å². The first-order chi connectivity index (χ1) is 17.9. The molecule has 3 heterocycles. The second-order valence-corrected chi connectivity index (χ2v) is 8.84. The molecule has 1 aliphatic rings. The van der Waals surface area contributed by atoms with E-state index in [1.807, 2.05) is 28.9 Å². The number of carbonyl (C=O) groups is 3. The molecule has 4 aromatic rings. The van der Waals surface area contributed by atoms with Gasteiger partial charge in [0.05, 0.1) is 18.7 Å². The number of benzene rings is 2. The van der Waals surface area contributed by atoms with Crippen molar-refractivity contribution in [3.63, 3.8) is 0 Å². The predicted molar refractivity (Wildman–Crippen MR) is 134 cm³/mol. The van der Waals surface area contributed by atoms with Gasteiger partial charge in [-0.1, -0.05) is 26.0 Å². The fourth-order valence-electron chi connectivity index (χ4n) is 4.61. The van der Waals surface area contributed by atoms with Crippen LogP contribution in [0.2, 0.25) is 0 Å². The standard InChI is InChI=1S/C26H26N8O3/c1-3-21-20(13-23-29-32-33-30-23)22(4-2)34(31-21)14-15-5-8-18(9-6-15)27-25(36)16-7-10-19-17(11-16)12-24(35)28-26(19)37/h5-11H,3-4,12-14H2,1-2H3,(H,27,36)(H,28,35,37)(H,29,30,32,33). The van der Waals surface area contributed by atoms with Gasteiger partial charge < -0.3 is 5.32 Å². The minimum Gasteiger partial charge on any atom is -0.322 e. The van der Waals surface area contributed by atoms with Gasteiger partial charge in [0.25, 0.3) is 11.8 Å². The molecule has 0 bridgehead atoms. The lowest BCUT2D eigenvalue weighted by molar-refractivity contribution is -0.119. The first kappa shape index (κ1) is 24.0. The summed E-state index contributed by atoms with van der Waals surface area (Å²) in [5.74, 6) is -0.418. The number of hydrogen-bond donors (Lipinski definition) is 3. The van der Waals surface area contributed by atoms with Crippen molar-refractivity contribution in [3.8, 4) is 0 Å². The lowest BCUT2D eigenvalue weighted by atomic mass is 9.97. The van der Waals surface area contributed by atoms with Crippen LogP contribution in [0.1, 0.15) is 68.5 Å². The number of amides is 3. The summed E-state index contributed by atoms with van der Waals surface area (Å²) < 4.78 is 2.02. The summed E-state index contributed by atoms with van der Waals surface area (Å²) in [6.07, 6.45) is 2.31. The molecular weight excluding hydrogens is 472 g/mol. The summed E-state index contributed by atoms with van der Waals surface area (Å²) in [7, 11) is 0. The Morgan fingerprint density at radius 3 is 2.59 bits per heavy atom. The molecule has 2 aromatic carbocycles. The molecule has 11 heteroatoms. The van der Waals surface area contributed by atoms with Crippen LogP contribution in [-0.2, 0) is 37.0 Å².